The molecule has 1 aliphatic rings. The van der Waals surface area contributed by atoms with E-state index in [4.69, 9.17) is 0 Å². The third kappa shape index (κ3) is 9.91. The highest BCUT2D eigenvalue weighted by molar-refractivity contribution is 5.85. The maximum atomic E-state index is 9.76. The van der Waals surface area contributed by atoms with E-state index in [1.165, 1.54) is 50.6 Å². The molecule has 0 saturated carbocycles. The van der Waals surface area contributed by atoms with E-state index < -0.39 is 0 Å². The van der Waals surface area contributed by atoms with Crippen LogP contribution in [0.4, 0.5) is 0 Å². The molecule has 0 spiro atoms. The van der Waals surface area contributed by atoms with Gasteiger partial charge in [0.05, 0.1) is 0 Å². The van der Waals surface area contributed by atoms with Crippen molar-refractivity contribution in [1.82, 2.24) is 9.80 Å². The summed E-state index contributed by atoms with van der Waals surface area (Å²) in [5, 5.41) is 28.7. The molecule has 2 aromatic carbocycles. The smallest absolute Gasteiger partial charge is 0.157 e. The minimum Gasteiger partial charge on any atom is -0.508 e. The van der Waals surface area contributed by atoms with Gasteiger partial charge in [-0.05, 0) is 107 Å². The number of aromatic hydroxyl groups is 3. The van der Waals surface area contributed by atoms with Gasteiger partial charge in [-0.25, -0.2) is 0 Å². The van der Waals surface area contributed by atoms with E-state index in [-0.39, 0.29) is 36.3 Å². The lowest BCUT2D eigenvalue weighted by Crippen LogP contribution is -2.32. The number of hydrogen-bond acceptors (Lipinski definition) is 5. The number of nitrogens with zero attached hydrogens (tertiary/aromatic N) is 2. The molecule has 2 aromatic rings. The first-order chi connectivity index (χ1) is 15.5. The number of halogens is 2. The van der Waals surface area contributed by atoms with Crippen molar-refractivity contribution in [2.75, 3.05) is 32.7 Å². The Morgan fingerprint density at radius 2 is 1.59 bits per heavy atom. The van der Waals surface area contributed by atoms with E-state index >= 15 is 0 Å². The zero-order valence-electron chi connectivity index (χ0n) is 20.4. The van der Waals surface area contributed by atoms with E-state index in [1.54, 1.807) is 24.3 Å². The molecule has 1 heterocycles. The van der Waals surface area contributed by atoms with Gasteiger partial charge < -0.3 is 25.1 Å². The molecule has 1 atom stereocenters. The molecular formula is C27H42Cl2N2O3. The summed E-state index contributed by atoms with van der Waals surface area (Å²) in [7, 11) is 0. The Kier molecular flexibility index (Phi) is 14.4. The lowest BCUT2D eigenvalue weighted by molar-refractivity contribution is 0.238. The van der Waals surface area contributed by atoms with Crippen LogP contribution in [0.25, 0.3) is 0 Å². The van der Waals surface area contributed by atoms with E-state index in [0.717, 1.165) is 44.6 Å². The minimum atomic E-state index is -0.0442. The summed E-state index contributed by atoms with van der Waals surface area (Å²) < 4.78 is 0. The van der Waals surface area contributed by atoms with Crippen LogP contribution in [0.5, 0.6) is 17.2 Å². The topological polar surface area (TPSA) is 67.2 Å². The molecule has 0 aromatic heterocycles. The van der Waals surface area contributed by atoms with Crippen LogP contribution >= 0.6 is 24.8 Å². The number of phenols is 3. The Morgan fingerprint density at radius 3 is 2.29 bits per heavy atom. The zero-order valence-corrected chi connectivity index (χ0v) is 22.0. The lowest BCUT2D eigenvalue weighted by atomic mass is 10.0. The van der Waals surface area contributed by atoms with Gasteiger partial charge >= 0.3 is 0 Å². The van der Waals surface area contributed by atoms with E-state index in [0.29, 0.717) is 11.8 Å². The monoisotopic (exact) mass is 512 g/mol. The van der Waals surface area contributed by atoms with Crippen molar-refractivity contribution in [2.45, 2.75) is 64.3 Å². The fourth-order valence-corrected chi connectivity index (χ4v) is 4.82. The van der Waals surface area contributed by atoms with Crippen molar-refractivity contribution in [2.24, 2.45) is 0 Å². The summed E-state index contributed by atoms with van der Waals surface area (Å²) in [4.78, 5) is 5.18. The quantitative estimate of drug-likeness (QED) is 0.234. The van der Waals surface area contributed by atoms with E-state index in [1.807, 2.05) is 18.2 Å². The zero-order chi connectivity index (χ0) is 22.8. The Balaban J connectivity index is 0.00000289. The van der Waals surface area contributed by atoms with Crippen molar-refractivity contribution in [3.63, 3.8) is 0 Å². The molecule has 1 unspecified atom stereocenters. The number of benzene rings is 2. The number of rotatable bonds is 13. The summed E-state index contributed by atoms with van der Waals surface area (Å²) in [5.74, 6) is 0.270. The van der Waals surface area contributed by atoms with Crippen LogP contribution in [0.15, 0.2) is 42.5 Å². The van der Waals surface area contributed by atoms with Crippen LogP contribution in [0.3, 0.4) is 0 Å². The summed E-state index contributed by atoms with van der Waals surface area (Å²) in [6, 6.07) is 13.3. The van der Waals surface area contributed by atoms with E-state index in [9.17, 15) is 15.3 Å². The summed E-state index contributed by atoms with van der Waals surface area (Å²) in [6.07, 6.45) is 9.33. The molecule has 0 aliphatic carbocycles. The molecule has 3 rings (SSSR count). The molecule has 5 nitrogen and oxygen atoms in total. The molecular weight excluding hydrogens is 471 g/mol. The Labute approximate surface area is 217 Å². The second-order valence-corrected chi connectivity index (χ2v) is 9.18. The molecule has 34 heavy (non-hydrogen) atoms. The van der Waals surface area contributed by atoms with Crippen molar-refractivity contribution in [3.05, 3.63) is 53.6 Å². The highest BCUT2D eigenvalue weighted by atomic mass is 35.5. The molecule has 0 bridgehead atoms. The fourth-order valence-electron chi connectivity index (χ4n) is 4.82. The van der Waals surface area contributed by atoms with Gasteiger partial charge in [0.25, 0.3) is 0 Å². The normalized spacial score (nSPS) is 15.8. The first kappa shape index (κ1) is 30.4. The van der Waals surface area contributed by atoms with Gasteiger partial charge in [0, 0.05) is 12.6 Å². The summed E-state index contributed by atoms with van der Waals surface area (Å²) >= 11 is 0. The van der Waals surface area contributed by atoms with Gasteiger partial charge in [0.2, 0.25) is 0 Å². The first-order valence-electron chi connectivity index (χ1n) is 12.3. The maximum Gasteiger partial charge on any atom is 0.157 e. The predicted molar refractivity (Wildman–Crippen MR) is 145 cm³/mol. The largest absolute Gasteiger partial charge is 0.508 e. The Hall–Kier alpha value is -1.66. The molecule has 0 radical (unpaired) electrons. The molecule has 1 aliphatic heterocycles. The van der Waals surface area contributed by atoms with Gasteiger partial charge in [-0.15, -0.1) is 24.8 Å². The van der Waals surface area contributed by atoms with Crippen LogP contribution in [-0.4, -0.2) is 63.9 Å². The highest BCUT2D eigenvalue weighted by Gasteiger charge is 2.24. The third-order valence-electron chi connectivity index (χ3n) is 6.62. The average molecular weight is 514 g/mol. The van der Waals surface area contributed by atoms with Crippen molar-refractivity contribution < 1.29 is 15.3 Å². The van der Waals surface area contributed by atoms with Crippen LogP contribution < -0.4 is 0 Å². The number of phenolic OH excluding ortho intramolecular Hbond substituents is 3. The van der Waals surface area contributed by atoms with Gasteiger partial charge in [0.1, 0.15) is 5.75 Å². The number of unbranched alkanes of at least 4 members (excludes halogenated alkanes) is 2. The van der Waals surface area contributed by atoms with Crippen LogP contribution in [-0.2, 0) is 12.8 Å². The second kappa shape index (κ2) is 16.1. The van der Waals surface area contributed by atoms with E-state index in [2.05, 4.69) is 16.7 Å². The van der Waals surface area contributed by atoms with Crippen molar-refractivity contribution in [1.29, 1.82) is 0 Å². The fraction of sp³-hybridized carbons (Fsp3) is 0.556. The van der Waals surface area contributed by atoms with Gasteiger partial charge in [-0.3, -0.25) is 0 Å². The second-order valence-electron chi connectivity index (χ2n) is 9.18. The summed E-state index contributed by atoms with van der Waals surface area (Å²) in [5.41, 5.74) is 2.38. The van der Waals surface area contributed by atoms with Gasteiger partial charge in [-0.1, -0.05) is 31.5 Å². The van der Waals surface area contributed by atoms with Gasteiger partial charge in [-0.2, -0.15) is 0 Å². The molecule has 3 N–H and O–H groups in total. The maximum absolute atomic E-state index is 9.76. The van der Waals surface area contributed by atoms with Crippen LogP contribution in [0.1, 0.15) is 56.6 Å². The Morgan fingerprint density at radius 1 is 0.853 bits per heavy atom. The average Bonchev–Trinajstić information content (AvgIpc) is 3.22. The standard InChI is InChI=1S/C27H40N2O3.2ClH/c1-2-15-28(19-14-22-8-11-25(30)12-9-22)16-4-3-5-17-29-18-6-7-24(29)20-23-10-13-26(31)27(32)21-23;;/h8-13,21,24,30-32H,2-7,14-20H2,1H3;2*1H. The lowest BCUT2D eigenvalue weighted by Gasteiger charge is -2.25. The van der Waals surface area contributed by atoms with Crippen LogP contribution in [0, 0.1) is 0 Å². The SMILES string of the molecule is CCCN(CCCCCN1CCCC1Cc1ccc(O)c(O)c1)CCc1ccc(O)cc1.Cl.Cl. The highest BCUT2D eigenvalue weighted by Crippen LogP contribution is 2.28. The minimum absolute atomic E-state index is 0. The Bertz CT molecular complexity index is 820. The summed E-state index contributed by atoms with van der Waals surface area (Å²) in [6.45, 7) is 7.94. The first-order valence-corrected chi connectivity index (χ1v) is 12.3. The predicted octanol–water partition coefficient (Wildman–Crippen LogP) is 5.78. The molecule has 192 valence electrons. The van der Waals surface area contributed by atoms with Crippen LogP contribution in [0.2, 0.25) is 0 Å². The number of hydrogen-bond donors (Lipinski definition) is 3. The van der Waals surface area contributed by atoms with Crippen molar-refractivity contribution in [3.8, 4) is 17.2 Å². The third-order valence-corrected chi connectivity index (χ3v) is 6.62. The molecule has 1 saturated heterocycles. The number of likely N-dealkylation sites (tertiary alicyclic amines) is 1. The van der Waals surface area contributed by atoms with Gasteiger partial charge in [0.15, 0.2) is 11.5 Å². The van der Waals surface area contributed by atoms with Crippen molar-refractivity contribution >= 4 is 24.8 Å². The molecule has 7 heteroatoms. The molecule has 0 amide bonds. The molecule has 1 fully saturated rings.